The van der Waals surface area contributed by atoms with E-state index >= 15 is 0 Å². The lowest BCUT2D eigenvalue weighted by atomic mass is 10.0. The summed E-state index contributed by atoms with van der Waals surface area (Å²) in [4.78, 5) is 41.2. The van der Waals surface area contributed by atoms with E-state index in [-0.39, 0.29) is 34.4 Å². The lowest BCUT2D eigenvalue weighted by molar-refractivity contribution is 0.0933. The van der Waals surface area contributed by atoms with Crippen molar-refractivity contribution >= 4 is 29.0 Å². The summed E-state index contributed by atoms with van der Waals surface area (Å²) in [6.07, 6.45) is 1.35. The Morgan fingerprint density at radius 1 is 1.08 bits per heavy atom. The first-order valence-electron chi connectivity index (χ1n) is 12.0. The number of hydrogen-bond donors (Lipinski definition) is 2. The van der Waals surface area contributed by atoms with Gasteiger partial charge in [0, 0.05) is 22.5 Å². The zero-order valence-corrected chi connectivity index (χ0v) is 21.1. The second-order valence-corrected chi connectivity index (χ2v) is 9.02. The van der Waals surface area contributed by atoms with Gasteiger partial charge in [0.05, 0.1) is 37.0 Å². The van der Waals surface area contributed by atoms with Gasteiger partial charge in [0.1, 0.15) is 23.3 Å². The molecule has 194 valence electrons. The molecule has 0 aliphatic carbocycles. The molecular weight excluding hydrogens is 498 g/mol. The maximum absolute atomic E-state index is 13.7. The third-order valence-electron chi connectivity index (χ3n) is 6.50. The van der Waals surface area contributed by atoms with Crippen molar-refractivity contribution < 1.29 is 24.2 Å². The number of aromatic nitrogens is 2. The summed E-state index contributed by atoms with van der Waals surface area (Å²) in [6.45, 7) is 2.24. The van der Waals surface area contributed by atoms with E-state index in [0.717, 1.165) is 0 Å². The number of amides is 2. The molecule has 4 aromatic rings. The largest absolute Gasteiger partial charge is 0.508 e. The topological polar surface area (TPSA) is 138 Å². The summed E-state index contributed by atoms with van der Waals surface area (Å²) in [5.41, 5.74) is 2.32. The molecule has 2 amide bonds. The van der Waals surface area contributed by atoms with Gasteiger partial charge in [0.25, 0.3) is 11.8 Å². The van der Waals surface area contributed by atoms with E-state index in [4.69, 9.17) is 4.74 Å². The van der Waals surface area contributed by atoms with E-state index < -0.39 is 11.8 Å². The highest BCUT2D eigenvalue weighted by molar-refractivity contribution is 6.16. The predicted molar refractivity (Wildman–Crippen MR) is 142 cm³/mol. The normalized spacial score (nSPS) is 14.3. The van der Waals surface area contributed by atoms with Crippen LogP contribution < -0.4 is 15.0 Å². The number of carbonyl (C=O) groups excluding carboxylic acids is 3. The van der Waals surface area contributed by atoms with Crippen molar-refractivity contribution in [1.82, 2.24) is 9.78 Å². The van der Waals surface area contributed by atoms with Crippen LogP contribution in [0.5, 0.6) is 11.5 Å². The number of phenolic OH excluding ortho intramolecular Hbond substituents is 1. The third-order valence-corrected chi connectivity index (χ3v) is 6.50. The van der Waals surface area contributed by atoms with Crippen LogP contribution in [-0.4, -0.2) is 45.6 Å². The lowest BCUT2D eigenvalue weighted by Gasteiger charge is -2.34. The molecule has 0 radical (unpaired) electrons. The average molecular weight is 522 g/mol. The summed E-state index contributed by atoms with van der Waals surface area (Å²) < 4.78 is 6.65. The summed E-state index contributed by atoms with van der Waals surface area (Å²) in [7, 11) is 1.45. The smallest absolute Gasteiger partial charge is 0.277 e. The van der Waals surface area contributed by atoms with Crippen LogP contribution in [0.1, 0.15) is 49.3 Å². The number of ether oxygens (including phenoxy) is 1. The molecule has 1 unspecified atom stereocenters. The number of carbonyl (C=O) groups is 3. The zero-order chi connectivity index (χ0) is 27.7. The third kappa shape index (κ3) is 4.69. The van der Waals surface area contributed by atoms with Crippen molar-refractivity contribution in [2.45, 2.75) is 19.5 Å². The molecule has 1 aliphatic rings. The fraction of sp³-hybridized carbons (Fsp3) is 0.138. The molecule has 0 bridgehead atoms. The number of hydrogen-bond acceptors (Lipinski definition) is 7. The summed E-state index contributed by atoms with van der Waals surface area (Å²) >= 11 is 0. The number of rotatable bonds is 6. The van der Waals surface area contributed by atoms with Gasteiger partial charge in [0.2, 0.25) is 0 Å². The van der Waals surface area contributed by atoms with Crippen LogP contribution in [0.4, 0.5) is 11.4 Å². The first-order chi connectivity index (χ1) is 18.8. The molecule has 0 saturated heterocycles. The van der Waals surface area contributed by atoms with Gasteiger partial charge in [0.15, 0.2) is 5.78 Å². The Hall–Kier alpha value is -5.43. The standard InChI is InChI=1S/C29H23N5O5/c1-17-16-33-26(24(15-31-33)28(37)32-21-7-12-25(39-2)20(13-21)14-30)29(38)34(17)22-8-3-18(4-9-22)27(36)19-5-10-23(35)11-6-19/h3-13,15,17,35H,16H2,1-2H3,(H,32,37). The van der Waals surface area contributed by atoms with Crippen molar-refractivity contribution in [1.29, 1.82) is 5.26 Å². The molecule has 3 aromatic carbocycles. The van der Waals surface area contributed by atoms with Crippen LogP contribution in [-0.2, 0) is 6.54 Å². The van der Waals surface area contributed by atoms with E-state index in [1.807, 2.05) is 13.0 Å². The molecule has 39 heavy (non-hydrogen) atoms. The maximum atomic E-state index is 13.7. The van der Waals surface area contributed by atoms with Gasteiger partial charge in [-0.15, -0.1) is 0 Å². The van der Waals surface area contributed by atoms with Crippen molar-refractivity contribution in [2.75, 3.05) is 17.3 Å². The quantitative estimate of drug-likeness (QED) is 0.366. The van der Waals surface area contributed by atoms with Crippen LogP contribution >= 0.6 is 0 Å². The molecule has 2 heterocycles. The van der Waals surface area contributed by atoms with Crippen LogP contribution in [0.25, 0.3) is 0 Å². The van der Waals surface area contributed by atoms with Gasteiger partial charge < -0.3 is 20.1 Å². The van der Waals surface area contributed by atoms with Crippen molar-refractivity contribution in [2.24, 2.45) is 0 Å². The maximum Gasteiger partial charge on any atom is 0.277 e. The Kier molecular flexibility index (Phi) is 6.56. The van der Waals surface area contributed by atoms with E-state index in [1.165, 1.54) is 36.2 Å². The Labute approximate surface area is 223 Å². The first kappa shape index (κ1) is 25.2. The Morgan fingerprint density at radius 2 is 1.74 bits per heavy atom. The van der Waals surface area contributed by atoms with Crippen LogP contribution in [0.15, 0.2) is 72.9 Å². The van der Waals surface area contributed by atoms with Crippen LogP contribution in [0, 0.1) is 11.3 Å². The number of nitrogens with zero attached hydrogens (tertiary/aromatic N) is 4. The van der Waals surface area contributed by atoms with Gasteiger partial charge in [-0.05, 0) is 73.7 Å². The van der Waals surface area contributed by atoms with Gasteiger partial charge in [-0.2, -0.15) is 10.4 Å². The second kappa shape index (κ2) is 10.1. The fourth-order valence-corrected chi connectivity index (χ4v) is 4.56. The molecule has 1 aliphatic heterocycles. The fourth-order valence-electron chi connectivity index (χ4n) is 4.56. The minimum absolute atomic E-state index is 0.0719. The van der Waals surface area contributed by atoms with E-state index in [0.29, 0.717) is 34.8 Å². The molecule has 5 rings (SSSR count). The minimum Gasteiger partial charge on any atom is -0.508 e. The number of aromatic hydroxyl groups is 1. The number of methoxy groups -OCH3 is 1. The number of nitriles is 1. The molecule has 0 fully saturated rings. The number of benzene rings is 3. The number of fused-ring (bicyclic) bond motifs is 1. The van der Waals surface area contributed by atoms with E-state index in [1.54, 1.807) is 53.4 Å². The van der Waals surface area contributed by atoms with Gasteiger partial charge in [-0.25, -0.2) is 0 Å². The molecule has 0 saturated carbocycles. The molecule has 10 nitrogen and oxygen atoms in total. The van der Waals surface area contributed by atoms with E-state index in [9.17, 15) is 24.8 Å². The zero-order valence-electron chi connectivity index (χ0n) is 21.1. The van der Waals surface area contributed by atoms with Gasteiger partial charge in [-0.1, -0.05) is 0 Å². The monoisotopic (exact) mass is 521 g/mol. The molecule has 1 aromatic heterocycles. The number of anilines is 2. The highest BCUT2D eigenvalue weighted by atomic mass is 16.5. The van der Waals surface area contributed by atoms with Crippen molar-refractivity contribution in [3.8, 4) is 17.6 Å². The Balaban J connectivity index is 1.39. The summed E-state index contributed by atoms with van der Waals surface area (Å²) in [5.74, 6) is -0.698. The Bertz CT molecular complexity index is 1630. The summed E-state index contributed by atoms with van der Waals surface area (Å²) in [5, 5.41) is 25.8. The molecular formula is C29H23N5O5. The second-order valence-electron chi connectivity index (χ2n) is 9.02. The predicted octanol–water partition coefficient (Wildman–Crippen LogP) is 4.00. The highest BCUT2D eigenvalue weighted by Crippen LogP contribution is 2.28. The minimum atomic E-state index is -0.539. The SMILES string of the molecule is COc1ccc(NC(=O)c2cnn3c2C(=O)N(c2ccc(C(=O)c4ccc(O)cc4)cc2)C(C)C3)cc1C#N. The van der Waals surface area contributed by atoms with Gasteiger partial charge >= 0.3 is 0 Å². The van der Waals surface area contributed by atoms with Crippen LogP contribution in [0.2, 0.25) is 0 Å². The molecule has 10 heteroatoms. The van der Waals surface area contributed by atoms with E-state index in [2.05, 4.69) is 10.4 Å². The first-order valence-corrected chi connectivity index (χ1v) is 12.0. The lowest BCUT2D eigenvalue weighted by Crippen LogP contribution is -2.47. The highest BCUT2D eigenvalue weighted by Gasteiger charge is 2.36. The number of phenols is 1. The summed E-state index contributed by atoms with van der Waals surface area (Å²) in [6, 6.07) is 19.1. The van der Waals surface area contributed by atoms with Crippen molar-refractivity contribution in [3.05, 3.63) is 101 Å². The molecule has 2 N–H and O–H groups in total. The average Bonchev–Trinajstić information content (AvgIpc) is 3.37. The van der Waals surface area contributed by atoms with Gasteiger partial charge in [-0.3, -0.25) is 19.1 Å². The molecule has 1 atom stereocenters. The van der Waals surface area contributed by atoms with Crippen molar-refractivity contribution in [3.63, 3.8) is 0 Å². The van der Waals surface area contributed by atoms with Crippen LogP contribution in [0.3, 0.4) is 0 Å². The molecule has 0 spiro atoms. The number of nitrogens with one attached hydrogen (secondary N) is 1. The Morgan fingerprint density at radius 3 is 2.38 bits per heavy atom. The number of ketones is 1.